The molecule has 0 unspecified atom stereocenters. The molecule has 10 heteroatoms. The number of ketones is 2. The highest BCUT2D eigenvalue weighted by Gasteiger charge is 2.33. The van der Waals surface area contributed by atoms with E-state index in [1.54, 1.807) is 60.7 Å². The van der Waals surface area contributed by atoms with Gasteiger partial charge in [0.1, 0.15) is 33.6 Å². The van der Waals surface area contributed by atoms with E-state index in [9.17, 15) is 20.1 Å². The average Bonchev–Trinajstić information content (AvgIpc) is 3.75. The number of allylic oxidation sites excluding steroid dienone is 4. The molecule has 0 bridgehead atoms. The van der Waals surface area contributed by atoms with E-state index < -0.39 is 11.6 Å². The quantitative estimate of drug-likeness (QED) is 0.150. The molecule has 2 aromatic heterocycles. The number of hydrogen-bond donors (Lipinski definition) is 2. The molecule has 2 N–H and O–H groups in total. The summed E-state index contributed by atoms with van der Waals surface area (Å²) in [6.45, 7) is 0. The second kappa shape index (κ2) is 12.9. The molecule has 0 aliphatic heterocycles. The molecule has 6 nitrogen and oxygen atoms in total. The molecule has 42 heavy (non-hydrogen) atoms. The summed E-state index contributed by atoms with van der Waals surface area (Å²) < 4.78 is 0. The first-order chi connectivity index (χ1) is 20.4. The highest BCUT2D eigenvalue weighted by atomic mass is 35.5. The van der Waals surface area contributed by atoms with Crippen LogP contribution in [0.4, 0.5) is 11.4 Å². The maximum Gasteiger partial charge on any atom is 0.224 e. The number of anilines is 2. The van der Waals surface area contributed by atoms with Crippen molar-refractivity contribution in [3.63, 3.8) is 0 Å². The van der Waals surface area contributed by atoms with Gasteiger partial charge in [-0.25, -0.2) is 0 Å². The van der Waals surface area contributed by atoms with Gasteiger partial charge in [-0.05, 0) is 70.4 Å². The standard InChI is InChI=1S/C32H18Cl2N4O2S2/c33-27-29(37-23-9-5-19(6-10-23)15-21(17-35)25-3-1-13-41-25)31(39)28(34)30(32(27)40)38-24-11-7-20(8-12-24)16-22(18-36)26-4-2-14-42-26/h1-16,37-38H/b21-15+,22-16+. The van der Waals surface area contributed by atoms with Crippen LogP contribution >= 0.6 is 45.9 Å². The van der Waals surface area contributed by atoms with E-state index >= 15 is 0 Å². The van der Waals surface area contributed by atoms with Gasteiger partial charge in [0.05, 0.1) is 11.1 Å². The molecule has 0 saturated carbocycles. The Kier molecular flexibility index (Phi) is 8.83. The van der Waals surface area contributed by atoms with Gasteiger partial charge >= 0.3 is 0 Å². The van der Waals surface area contributed by atoms with Crippen LogP contribution < -0.4 is 10.6 Å². The van der Waals surface area contributed by atoms with E-state index in [1.807, 2.05) is 35.0 Å². The van der Waals surface area contributed by atoms with Crippen LogP contribution in [0.25, 0.3) is 23.3 Å². The number of thiophene rings is 2. The van der Waals surface area contributed by atoms with Gasteiger partial charge in [-0.2, -0.15) is 10.5 Å². The van der Waals surface area contributed by atoms with Gasteiger partial charge in [0.2, 0.25) is 11.6 Å². The first kappa shape index (κ1) is 28.8. The number of benzene rings is 2. The minimum absolute atomic E-state index is 0.130. The molecule has 1 aliphatic rings. The Balaban J connectivity index is 1.30. The van der Waals surface area contributed by atoms with Gasteiger partial charge in [-0.1, -0.05) is 59.6 Å². The Morgan fingerprint density at radius 3 is 1.33 bits per heavy atom. The van der Waals surface area contributed by atoms with Crippen LogP contribution in [0, 0.1) is 22.7 Å². The number of carbonyl (C=O) groups excluding carboxylic acids is 2. The summed E-state index contributed by atoms with van der Waals surface area (Å²) in [5.41, 5.74) is 3.43. The van der Waals surface area contributed by atoms with Crippen molar-refractivity contribution in [2.75, 3.05) is 10.6 Å². The van der Waals surface area contributed by atoms with E-state index in [2.05, 4.69) is 22.8 Å². The van der Waals surface area contributed by atoms with Crippen molar-refractivity contribution >= 4 is 92.1 Å². The Bertz CT molecular complexity index is 1730. The lowest BCUT2D eigenvalue weighted by Gasteiger charge is -2.20. The van der Waals surface area contributed by atoms with Gasteiger partial charge in [-0.3, -0.25) is 9.59 Å². The Morgan fingerprint density at radius 1 is 0.643 bits per heavy atom. The van der Waals surface area contributed by atoms with E-state index in [0.717, 1.165) is 20.9 Å². The third-order valence-corrected chi connectivity index (χ3v) is 8.62. The minimum Gasteiger partial charge on any atom is -0.351 e. The molecule has 5 rings (SSSR count). The molecule has 0 fully saturated rings. The second-order valence-corrected chi connectivity index (χ2v) is 11.5. The summed E-state index contributed by atoms with van der Waals surface area (Å²) in [4.78, 5) is 28.0. The van der Waals surface area contributed by atoms with E-state index in [-0.39, 0.29) is 21.5 Å². The average molecular weight is 626 g/mol. The number of carbonyl (C=O) groups is 2. The zero-order chi connectivity index (χ0) is 29.6. The highest BCUT2D eigenvalue weighted by molar-refractivity contribution is 7.11. The number of nitrogens with one attached hydrogen (secondary N) is 2. The van der Waals surface area contributed by atoms with Gasteiger partial charge in [0, 0.05) is 21.1 Å². The molecule has 0 spiro atoms. The fraction of sp³-hybridized carbons (Fsp3) is 0. The predicted molar refractivity (Wildman–Crippen MR) is 172 cm³/mol. The van der Waals surface area contributed by atoms with Gasteiger partial charge in [0.15, 0.2) is 0 Å². The molecular weight excluding hydrogens is 607 g/mol. The van der Waals surface area contributed by atoms with Crippen LogP contribution in [0.1, 0.15) is 20.9 Å². The molecule has 0 amide bonds. The van der Waals surface area contributed by atoms with E-state index in [0.29, 0.717) is 22.5 Å². The topological polar surface area (TPSA) is 106 Å². The number of rotatable bonds is 8. The molecule has 0 radical (unpaired) electrons. The number of nitrogens with zero attached hydrogens (tertiary/aromatic N) is 2. The number of Topliss-reactive ketones (excluding diaryl/α,β-unsaturated/α-hetero) is 2. The predicted octanol–water partition coefficient (Wildman–Crippen LogP) is 8.51. The first-order valence-electron chi connectivity index (χ1n) is 12.3. The van der Waals surface area contributed by atoms with Crippen LogP contribution in [-0.4, -0.2) is 11.6 Å². The van der Waals surface area contributed by atoms with Gasteiger partial charge in [0.25, 0.3) is 0 Å². The lowest BCUT2D eigenvalue weighted by atomic mass is 10.0. The molecule has 1 aliphatic carbocycles. The fourth-order valence-electron chi connectivity index (χ4n) is 4.00. The normalized spacial score (nSPS) is 14.1. The third kappa shape index (κ3) is 6.28. The zero-order valence-corrected chi connectivity index (χ0v) is 24.7. The number of nitriles is 2. The van der Waals surface area contributed by atoms with Crippen molar-refractivity contribution in [2.45, 2.75) is 0 Å². The van der Waals surface area contributed by atoms with Gasteiger partial charge in [-0.15, -0.1) is 22.7 Å². The highest BCUT2D eigenvalue weighted by Crippen LogP contribution is 2.32. The molecule has 2 aromatic carbocycles. The monoisotopic (exact) mass is 624 g/mol. The SMILES string of the molecule is N#C/C(=C\c1ccc(NC2=C(Cl)C(=O)C(Nc3ccc(/C=C(\C#N)c4cccs4)cc3)=C(Cl)C2=O)cc1)c1cccs1. The zero-order valence-electron chi connectivity index (χ0n) is 21.5. The smallest absolute Gasteiger partial charge is 0.224 e. The van der Waals surface area contributed by atoms with Crippen molar-refractivity contribution in [3.8, 4) is 12.1 Å². The summed E-state index contributed by atoms with van der Waals surface area (Å²) in [6, 6.07) is 25.9. The maximum atomic E-state index is 13.1. The summed E-state index contributed by atoms with van der Waals surface area (Å²) >= 11 is 15.7. The molecule has 204 valence electrons. The lowest BCUT2D eigenvalue weighted by Crippen LogP contribution is -2.27. The molecular formula is C32H18Cl2N4O2S2. The lowest BCUT2D eigenvalue weighted by molar-refractivity contribution is -0.115. The van der Waals surface area contributed by atoms with Crippen molar-refractivity contribution in [1.82, 2.24) is 0 Å². The molecule has 0 saturated heterocycles. The molecule has 0 atom stereocenters. The van der Waals surface area contributed by atoms with Crippen LogP contribution in [0.15, 0.2) is 105 Å². The van der Waals surface area contributed by atoms with Crippen LogP contribution in [-0.2, 0) is 9.59 Å². The Morgan fingerprint density at radius 2 is 1.02 bits per heavy atom. The van der Waals surface area contributed by atoms with Crippen LogP contribution in [0.5, 0.6) is 0 Å². The number of hydrogen-bond acceptors (Lipinski definition) is 8. The van der Waals surface area contributed by atoms with Crippen molar-refractivity contribution < 1.29 is 9.59 Å². The molecule has 2 heterocycles. The van der Waals surface area contributed by atoms with Crippen LogP contribution in [0.2, 0.25) is 0 Å². The minimum atomic E-state index is -0.633. The van der Waals surface area contributed by atoms with E-state index in [1.165, 1.54) is 22.7 Å². The van der Waals surface area contributed by atoms with Crippen molar-refractivity contribution in [3.05, 3.63) is 126 Å². The van der Waals surface area contributed by atoms with Gasteiger partial charge < -0.3 is 10.6 Å². The van der Waals surface area contributed by atoms with E-state index in [4.69, 9.17) is 23.2 Å². The molecule has 4 aromatic rings. The largest absolute Gasteiger partial charge is 0.351 e. The second-order valence-electron chi connectivity index (χ2n) is 8.82. The maximum absolute atomic E-state index is 13.1. The summed E-state index contributed by atoms with van der Waals surface area (Å²) in [6.07, 6.45) is 3.54. The Labute approximate surface area is 259 Å². The van der Waals surface area contributed by atoms with Crippen molar-refractivity contribution in [2.24, 2.45) is 0 Å². The number of halogens is 2. The summed E-state index contributed by atoms with van der Waals surface area (Å²) in [5.74, 6) is -1.27. The third-order valence-electron chi connectivity index (χ3n) is 6.09. The fourth-order valence-corrected chi connectivity index (χ4v) is 5.84. The summed E-state index contributed by atoms with van der Waals surface area (Å²) in [5, 5.41) is 28.0. The van der Waals surface area contributed by atoms with Crippen molar-refractivity contribution in [1.29, 1.82) is 10.5 Å². The summed E-state index contributed by atoms with van der Waals surface area (Å²) in [7, 11) is 0. The van der Waals surface area contributed by atoms with Crippen LogP contribution in [0.3, 0.4) is 0 Å². The Hall–Kier alpha value is -4.70. The first-order valence-corrected chi connectivity index (χ1v) is 14.8.